The SMILES string of the molecule is Cl.NCC12CN(c3nc4c(cc3F)c(=O)c(C(=O)O)cn4-c3cnsn3)CC1CCO2. The van der Waals surface area contributed by atoms with E-state index in [4.69, 9.17) is 10.5 Å². The topological polar surface area (TPSA) is 136 Å². The van der Waals surface area contributed by atoms with Crippen LogP contribution in [0.4, 0.5) is 10.2 Å². The highest BCUT2D eigenvalue weighted by atomic mass is 35.5. The second-order valence-electron chi connectivity index (χ2n) is 7.46. The van der Waals surface area contributed by atoms with Crippen molar-refractivity contribution in [1.82, 2.24) is 18.3 Å². The molecule has 0 spiro atoms. The van der Waals surface area contributed by atoms with Crippen molar-refractivity contribution in [2.75, 3.05) is 31.1 Å². The van der Waals surface area contributed by atoms with Gasteiger partial charge in [-0.2, -0.15) is 8.75 Å². The van der Waals surface area contributed by atoms with E-state index in [9.17, 15) is 14.7 Å². The molecule has 0 radical (unpaired) electrons. The van der Waals surface area contributed by atoms with Gasteiger partial charge in [-0.05, 0) is 12.5 Å². The highest BCUT2D eigenvalue weighted by molar-refractivity contribution is 6.99. The molecule has 3 aromatic rings. The summed E-state index contributed by atoms with van der Waals surface area (Å²) in [5.74, 6) is -1.61. The zero-order valence-electron chi connectivity index (χ0n) is 16.0. The second-order valence-corrected chi connectivity index (χ2v) is 8.02. The van der Waals surface area contributed by atoms with Crippen LogP contribution in [-0.2, 0) is 4.74 Å². The predicted octanol–water partition coefficient (Wildman–Crippen LogP) is 1.05. The summed E-state index contributed by atoms with van der Waals surface area (Å²) in [6.07, 6.45) is 3.39. The van der Waals surface area contributed by atoms with Crippen LogP contribution < -0.4 is 16.1 Å². The highest BCUT2D eigenvalue weighted by Crippen LogP contribution is 2.40. The number of nitrogens with zero attached hydrogens (tertiary/aromatic N) is 5. The lowest BCUT2D eigenvalue weighted by Gasteiger charge is -2.26. The number of aromatic carboxylic acids is 1. The van der Waals surface area contributed by atoms with Crippen molar-refractivity contribution in [2.24, 2.45) is 11.7 Å². The zero-order valence-corrected chi connectivity index (χ0v) is 17.7. The van der Waals surface area contributed by atoms with E-state index in [1.54, 1.807) is 4.90 Å². The number of carboxylic acids is 1. The second kappa shape index (κ2) is 7.79. The summed E-state index contributed by atoms with van der Waals surface area (Å²) in [5.41, 5.74) is 4.21. The quantitative estimate of drug-likeness (QED) is 0.575. The fraction of sp³-hybridized carbons (Fsp3) is 0.389. The van der Waals surface area contributed by atoms with Crippen LogP contribution in [0.2, 0.25) is 0 Å². The largest absolute Gasteiger partial charge is 0.477 e. The molecule has 31 heavy (non-hydrogen) atoms. The van der Waals surface area contributed by atoms with Crippen molar-refractivity contribution in [3.8, 4) is 5.82 Å². The number of hydrogen-bond acceptors (Lipinski definition) is 9. The van der Waals surface area contributed by atoms with E-state index in [2.05, 4.69) is 13.7 Å². The molecule has 2 fully saturated rings. The smallest absolute Gasteiger partial charge is 0.341 e. The minimum atomic E-state index is -1.42. The molecule has 2 aliphatic rings. The third-order valence-corrected chi connectivity index (χ3v) is 6.35. The van der Waals surface area contributed by atoms with Gasteiger partial charge in [0, 0.05) is 31.8 Å². The Bertz CT molecular complexity index is 1220. The maximum atomic E-state index is 15.1. The van der Waals surface area contributed by atoms with Crippen LogP contribution in [0, 0.1) is 11.7 Å². The van der Waals surface area contributed by atoms with Gasteiger partial charge in [0.05, 0.1) is 29.9 Å². The van der Waals surface area contributed by atoms with Gasteiger partial charge in [0.1, 0.15) is 11.2 Å². The number of aromatic nitrogens is 4. The molecule has 10 nitrogen and oxygen atoms in total. The Morgan fingerprint density at radius 2 is 2.29 bits per heavy atom. The first-order valence-electron chi connectivity index (χ1n) is 9.29. The summed E-state index contributed by atoms with van der Waals surface area (Å²) in [7, 11) is 0. The van der Waals surface area contributed by atoms with Gasteiger partial charge in [0.15, 0.2) is 23.1 Å². The molecule has 2 aliphatic heterocycles. The molecular weight excluding hydrogens is 451 g/mol. The summed E-state index contributed by atoms with van der Waals surface area (Å²) >= 11 is 0.919. The molecular formula is C18H18ClFN6O4S. The molecule has 5 heterocycles. The van der Waals surface area contributed by atoms with E-state index in [0.717, 1.165) is 30.4 Å². The predicted molar refractivity (Wildman–Crippen MR) is 113 cm³/mol. The molecule has 0 aliphatic carbocycles. The molecule has 3 aromatic heterocycles. The maximum Gasteiger partial charge on any atom is 0.341 e. The lowest BCUT2D eigenvalue weighted by molar-refractivity contribution is 0.0126. The van der Waals surface area contributed by atoms with Crippen LogP contribution in [0.25, 0.3) is 16.9 Å². The van der Waals surface area contributed by atoms with Gasteiger partial charge in [0.2, 0.25) is 5.43 Å². The standard InChI is InChI=1S/C18H17FN6O4S.ClH/c19-12-3-10-14(26)11(17(27)28)6-25(13-4-21-30-23-13)15(10)22-16(12)24-5-9-1-2-29-18(9,7-20)8-24;/h3-4,6,9H,1-2,5,7-8,20H2,(H,27,28);1H. The molecule has 0 bridgehead atoms. The number of anilines is 1. The molecule has 2 atom stereocenters. The lowest BCUT2D eigenvalue weighted by atomic mass is 9.91. The fourth-order valence-corrected chi connectivity index (χ4v) is 4.76. The van der Waals surface area contributed by atoms with E-state index in [1.165, 1.54) is 10.8 Å². The van der Waals surface area contributed by atoms with Crippen LogP contribution in [-0.4, -0.2) is 61.2 Å². The Morgan fingerprint density at radius 1 is 1.48 bits per heavy atom. The minimum Gasteiger partial charge on any atom is -0.477 e. The van der Waals surface area contributed by atoms with Crippen molar-refractivity contribution in [2.45, 2.75) is 12.0 Å². The Morgan fingerprint density at radius 3 is 2.94 bits per heavy atom. The number of halogens is 2. The number of carbonyl (C=O) groups is 1. The number of fused-ring (bicyclic) bond motifs is 2. The van der Waals surface area contributed by atoms with Crippen molar-refractivity contribution in [3.05, 3.63) is 40.1 Å². The van der Waals surface area contributed by atoms with Crippen molar-refractivity contribution < 1.29 is 19.0 Å². The molecule has 0 amide bonds. The van der Waals surface area contributed by atoms with Crippen LogP contribution in [0.1, 0.15) is 16.8 Å². The number of pyridine rings is 2. The summed E-state index contributed by atoms with van der Waals surface area (Å²) in [5, 5.41) is 9.25. The van der Waals surface area contributed by atoms with Gasteiger partial charge >= 0.3 is 5.97 Å². The van der Waals surface area contributed by atoms with Crippen LogP contribution in [0.5, 0.6) is 0 Å². The third kappa shape index (κ3) is 3.26. The van der Waals surface area contributed by atoms with Gasteiger partial charge in [0.25, 0.3) is 0 Å². The summed E-state index contributed by atoms with van der Waals surface area (Å²) < 4.78 is 30.3. The molecule has 0 saturated carbocycles. The van der Waals surface area contributed by atoms with E-state index < -0.39 is 28.4 Å². The first kappa shape index (κ1) is 21.6. The Kier molecular flexibility index (Phi) is 5.41. The maximum absolute atomic E-state index is 15.1. The number of nitrogens with two attached hydrogens (primary N) is 1. The Labute approximate surface area is 185 Å². The van der Waals surface area contributed by atoms with E-state index in [-0.39, 0.29) is 41.0 Å². The molecule has 0 aromatic carbocycles. The van der Waals surface area contributed by atoms with Crippen LogP contribution >= 0.6 is 24.1 Å². The van der Waals surface area contributed by atoms with Gasteiger partial charge < -0.3 is 20.5 Å². The monoisotopic (exact) mass is 468 g/mol. The number of carboxylic acid groups (broad SMARTS) is 1. The number of hydrogen-bond donors (Lipinski definition) is 2. The van der Waals surface area contributed by atoms with Gasteiger partial charge in [-0.3, -0.25) is 9.36 Å². The molecule has 164 valence electrons. The summed E-state index contributed by atoms with van der Waals surface area (Å²) in [6, 6.07) is 1.03. The van der Waals surface area contributed by atoms with E-state index in [1.807, 2.05) is 0 Å². The summed E-state index contributed by atoms with van der Waals surface area (Å²) in [6.45, 7) is 1.86. The van der Waals surface area contributed by atoms with Crippen molar-refractivity contribution in [3.63, 3.8) is 0 Å². The highest BCUT2D eigenvalue weighted by Gasteiger charge is 2.50. The molecule has 2 unspecified atom stereocenters. The van der Waals surface area contributed by atoms with E-state index in [0.29, 0.717) is 26.2 Å². The zero-order chi connectivity index (χ0) is 21.0. The normalized spacial score (nSPS) is 22.5. The number of ether oxygens (including phenoxy) is 1. The average Bonchev–Trinajstić information content (AvgIpc) is 3.44. The Hall–Kier alpha value is -2.67. The van der Waals surface area contributed by atoms with Crippen molar-refractivity contribution in [1.29, 1.82) is 0 Å². The van der Waals surface area contributed by atoms with Gasteiger partial charge in [-0.25, -0.2) is 14.2 Å². The first-order chi connectivity index (χ1) is 14.4. The van der Waals surface area contributed by atoms with Gasteiger partial charge in [-0.15, -0.1) is 12.4 Å². The number of rotatable bonds is 4. The lowest BCUT2D eigenvalue weighted by Crippen LogP contribution is -2.44. The fourth-order valence-electron chi connectivity index (χ4n) is 4.35. The summed E-state index contributed by atoms with van der Waals surface area (Å²) in [4.78, 5) is 30.4. The van der Waals surface area contributed by atoms with Crippen LogP contribution in [0.15, 0.2) is 23.3 Å². The minimum absolute atomic E-state index is 0. The van der Waals surface area contributed by atoms with Gasteiger partial charge in [-0.1, -0.05) is 0 Å². The molecule has 13 heteroatoms. The third-order valence-electron chi connectivity index (χ3n) is 5.88. The van der Waals surface area contributed by atoms with E-state index >= 15 is 4.39 Å². The Balaban J connectivity index is 0.00000231. The van der Waals surface area contributed by atoms with Crippen LogP contribution in [0.3, 0.4) is 0 Å². The average molecular weight is 469 g/mol. The molecule has 3 N–H and O–H groups in total. The molecule has 5 rings (SSSR count). The molecule has 2 saturated heterocycles. The van der Waals surface area contributed by atoms with Crippen molar-refractivity contribution >= 4 is 47.0 Å². The first-order valence-corrected chi connectivity index (χ1v) is 10.0.